The van der Waals surface area contributed by atoms with Crippen LogP contribution in [0.5, 0.6) is 0 Å². The van der Waals surface area contributed by atoms with Crippen LogP contribution in [0.25, 0.3) is 5.52 Å². The maximum atomic E-state index is 12.8. The van der Waals surface area contributed by atoms with Gasteiger partial charge in [0.25, 0.3) is 11.8 Å². The number of imidazole rings is 1. The first kappa shape index (κ1) is 18.6. The van der Waals surface area contributed by atoms with Crippen LogP contribution < -0.4 is 10.6 Å². The highest BCUT2D eigenvalue weighted by Crippen LogP contribution is 2.18. The molecular weight excluding hydrogens is 340 g/mol. The van der Waals surface area contributed by atoms with E-state index in [2.05, 4.69) is 15.6 Å². The smallest absolute Gasteiger partial charge is 0.292 e. The normalized spacial score (nSPS) is 11.4. The summed E-state index contributed by atoms with van der Waals surface area (Å²) in [6, 6.07) is 11.1. The molecule has 0 atom stereocenters. The van der Waals surface area contributed by atoms with Crippen molar-refractivity contribution in [3.05, 3.63) is 65.2 Å². The third-order valence-corrected chi connectivity index (χ3v) is 4.22. The van der Waals surface area contributed by atoms with Crippen LogP contribution in [0.4, 0.5) is 5.69 Å². The molecule has 1 aromatic carbocycles. The molecule has 0 aliphatic carbocycles. The largest absolute Gasteiger partial charge is 0.346 e. The molecule has 0 aliphatic rings. The molecular formula is C21H24N4O2. The Balaban J connectivity index is 1.98. The Labute approximate surface area is 158 Å². The number of hydrogen-bond acceptors (Lipinski definition) is 3. The van der Waals surface area contributed by atoms with Crippen molar-refractivity contribution in [2.45, 2.75) is 40.2 Å². The average Bonchev–Trinajstić information content (AvgIpc) is 2.97. The van der Waals surface area contributed by atoms with Crippen molar-refractivity contribution < 1.29 is 9.59 Å². The van der Waals surface area contributed by atoms with Gasteiger partial charge in [0, 0.05) is 17.4 Å². The maximum absolute atomic E-state index is 12.8. The molecule has 0 fully saturated rings. The molecule has 0 unspecified atom stereocenters. The van der Waals surface area contributed by atoms with E-state index in [1.807, 2.05) is 58.9 Å². The minimum absolute atomic E-state index is 0.169. The summed E-state index contributed by atoms with van der Waals surface area (Å²) in [6.07, 6.45) is 1.73. The van der Waals surface area contributed by atoms with Gasteiger partial charge in [-0.2, -0.15) is 0 Å². The van der Waals surface area contributed by atoms with E-state index in [9.17, 15) is 9.59 Å². The highest BCUT2D eigenvalue weighted by molar-refractivity contribution is 6.06. The molecule has 0 saturated heterocycles. The molecule has 0 aliphatic heterocycles. The molecule has 6 heteroatoms. The number of amides is 2. The van der Waals surface area contributed by atoms with Gasteiger partial charge in [0.1, 0.15) is 0 Å². The number of nitrogens with zero attached hydrogens (tertiary/aromatic N) is 2. The zero-order valence-electron chi connectivity index (χ0n) is 16.3. The van der Waals surface area contributed by atoms with Gasteiger partial charge in [-0.15, -0.1) is 0 Å². The Bertz CT molecular complexity index is 1030. The first-order valence-electron chi connectivity index (χ1n) is 8.84. The number of rotatable bonds is 3. The summed E-state index contributed by atoms with van der Waals surface area (Å²) < 4.78 is 1.63. The SMILES string of the molecule is Cc1ccc(NC(=O)c2nc(C(=O)NC(C)(C)C)c3ccccn23)cc1C. The first-order chi connectivity index (χ1) is 12.7. The summed E-state index contributed by atoms with van der Waals surface area (Å²) in [6.45, 7) is 9.71. The Hall–Kier alpha value is -3.15. The number of nitrogens with one attached hydrogen (secondary N) is 2. The molecule has 0 saturated carbocycles. The van der Waals surface area contributed by atoms with Crippen LogP contribution in [0.15, 0.2) is 42.6 Å². The maximum Gasteiger partial charge on any atom is 0.292 e. The Morgan fingerprint density at radius 2 is 1.74 bits per heavy atom. The van der Waals surface area contributed by atoms with Crippen LogP contribution in [0.1, 0.15) is 53.0 Å². The highest BCUT2D eigenvalue weighted by Gasteiger charge is 2.24. The van der Waals surface area contributed by atoms with Gasteiger partial charge in [-0.05, 0) is 70.0 Å². The summed E-state index contributed by atoms with van der Waals surface area (Å²) in [7, 11) is 0. The second-order valence-electron chi connectivity index (χ2n) is 7.70. The highest BCUT2D eigenvalue weighted by atomic mass is 16.2. The van der Waals surface area contributed by atoms with Crippen LogP contribution in [0, 0.1) is 13.8 Å². The van der Waals surface area contributed by atoms with Gasteiger partial charge < -0.3 is 10.6 Å². The van der Waals surface area contributed by atoms with E-state index in [0.717, 1.165) is 11.1 Å². The van der Waals surface area contributed by atoms with Crippen LogP contribution in [-0.4, -0.2) is 26.7 Å². The number of carbonyl (C=O) groups is 2. The lowest BCUT2D eigenvalue weighted by Crippen LogP contribution is -2.40. The van der Waals surface area contributed by atoms with Gasteiger partial charge in [0.2, 0.25) is 5.82 Å². The summed E-state index contributed by atoms with van der Waals surface area (Å²) >= 11 is 0. The number of carbonyl (C=O) groups excluding carboxylic acids is 2. The van der Waals surface area contributed by atoms with Crippen molar-refractivity contribution in [1.82, 2.24) is 14.7 Å². The van der Waals surface area contributed by atoms with E-state index in [-0.39, 0.29) is 23.3 Å². The number of benzene rings is 1. The molecule has 3 aromatic rings. The van der Waals surface area contributed by atoms with Crippen molar-refractivity contribution >= 4 is 23.0 Å². The molecule has 27 heavy (non-hydrogen) atoms. The lowest BCUT2D eigenvalue weighted by atomic mass is 10.1. The Kier molecular flexibility index (Phi) is 4.74. The van der Waals surface area contributed by atoms with Gasteiger partial charge in [-0.1, -0.05) is 12.1 Å². The van der Waals surface area contributed by atoms with Gasteiger partial charge in [-0.25, -0.2) is 4.98 Å². The molecule has 2 amide bonds. The van der Waals surface area contributed by atoms with E-state index in [1.54, 1.807) is 22.7 Å². The summed E-state index contributed by atoms with van der Waals surface area (Å²) in [5.74, 6) is -0.506. The number of aromatic nitrogens is 2. The molecule has 3 rings (SSSR count). The first-order valence-corrected chi connectivity index (χ1v) is 8.84. The molecule has 2 heterocycles. The number of hydrogen-bond donors (Lipinski definition) is 2. The molecule has 140 valence electrons. The van der Waals surface area contributed by atoms with E-state index in [4.69, 9.17) is 0 Å². The minimum Gasteiger partial charge on any atom is -0.346 e. The molecule has 6 nitrogen and oxygen atoms in total. The standard InChI is InChI=1S/C21H24N4O2/c1-13-9-10-15(12-14(13)2)22-20(27)18-23-17(19(26)24-21(3,4)5)16-8-6-7-11-25(16)18/h6-12H,1-5H3,(H,22,27)(H,24,26). The summed E-state index contributed by atoms with van der Waals surface area (Å²) in [4.78, 5) is 29.8. The molecule has 0 radical (unpaired) electrons. The van der Waals surface area contributed by atoms with Gasteiger partial charge >= 0.3 is 0 Å². The summed E-state index contributed by atoms with van der Waals surface area (Å²) in [5, 5.41) is 5.76. The van der Waals surface area contributed by atoms with Crippen molar-refractivity contribution in [3.63, 3.8) is 0 Å². The van der Waals surface area contributed by atoms with Crippen molar-refractivity contribution in [2.75, 3.05) is 5.32 Å². The fourth-order valence-electron chi connectivity index (χ4n) is 2.77. The third-order valence-electron chi connectivity index (χ3n) is 4.22. The van der Waals surface area contributed by atoms with Crippen molar-refractivity contribution in [2.24, 2.45) is 0 Å². The lowest BCUT2D eigenvalue weighted by Gasteiger charge is -2.19. The van der Waals surface area contributed by atoms with E-state index in [0.29, 0.717) is 11.2 Å². The second kappa shape index (κ2) is 6.87. The van der Waals surface area contributed by atoms with Crippen LogP contribution >= 0.6 is 0 Å². The van der Waals surface area contributed by atoms with Crippen molar-refractivity contribution in [3.8, 4) is 0 Å². The number of anilines is 1. The van der Waals surface area contributed by atoms with E-state index >= 15 is 0 Å². The van der Waals surface area contributed by atoms with Crippen molar-refractivity contribution in [1.29, 1.82) is 0 Å². The number of pyridine rings is 1. The number of fused-ring (bicyclic) bond motifs is 1. The molecule has 0 spiro atoms. The number of aryl methyl sites for hydroxylation is 2. The van der Waals surface area contributed by atoms with Crippen LogP contribution in [-0.2, 0) is 0 Å². The van der Waals surface area contributed by atoms with E-state index in [1.165, 1.54) is 0 Å². The summed E-state index contributed by atoms with van der Waals surface area (Å²) in [5.41, 5.74) is 3.35. The predicted octanol–water partition coefficient (Wildman–Crippen LogP) is 3.73. The Morgan fingerprint density at radius 3 is 2.41 bits per heavy atom. The third kappa shape index (κ3) is 4.00. The zero-order chi connectivity index (χ0) is 19.8. The molecule has 2 aromatic heterocycles. The van der Waals surface area contributed by atoms with E-state index < -0.39 is 5.54 Å². The Morgan fingerprint density at radius 1 is 1.00 bits per heavy atom. The fourth-order valence-corrected chi connectivity index (χ4v) is 2.77. The van der Waals surface area contributed by atoms with Gasteiger partial charge in [-0.3, -0.25) is 14.0 Å². The molecule has 2 N–H and O–H groups in total. The molecule has 0 bridgehead atoms. The topological polar surface area (TPSA) is 75.5 Å². The second-order valence-corrected chi connectivity index (χ2v) is 7.70. The lowest BCUT2D eigenvalue weighted by molar-refractivity contribution is 0.0916. The van der Waals surface area contributed by atoms with Crippen LogP contribution in [0.3, 0.4) is 0 Å². The van der Waals surface area contributed by atoms with Gasteiger partial charge in [0.05, 0.1) is 5.52 Å². The average molecular weight is 364 g/mol. The monoisotopic (exact) mass is 364 g/mol. The minimum atomic E-state index is -0.399. The predicted molar refractivity (Wildman–Crippen MR) is 106 cm³/mol. The zero-order valence-corrected chi connectivity index (χ0v) is 16.3. The van der Waals surface area contributed by atoms with Gasteiger partial charge in [0.15, 0.2) is 5.69 Å². The quantitative estimate of drug-likeness (QED) is 0.743. The fraction of sp³-hybridized carbons (Fsp3) is 0.286. The van der Waals surface area contributed by atoms with Crippen LogP contribution in [0.2, 0.25) is 0 Å².